The first-order chi connectivity index (χ1) is 10.2. The Bertz CT molecular complexity index is 299. The maximum atomic E-state index is 6.23. The summed E-state index contributed by atoms with van der Waals surface area (Å²) in [6.07, 6.45) is 8.84. The van der Waals surface area contributed by atoms with Crippen LogP contribution in [0.5, 0.6) is 0 Å². The molecule has 0 spiro atoms. The van der Waals surface area contributed by atoms with Crippen LogP contribution in [0.1, 0.15) is 58.8 Å². The molecule has 3 atom stereocenters. The van der Waals surface area contributed by atoms with Crippen molar-refractivity contribution in [1.82, 2.24) is 4.90 Å². The quantitative estimate of drug-likeness (QED) is 0.785. The van der Waals surface area contributed by atoms with Crippen molar-refractivity contribution in [2.24, 2.45) is 5.73 Å². The van der Waals surface area contributed by atoms with Gasteiger partial charge < -0.3 is 15.2 Å². The summed E-state index contributed by atoms with van der Waals surface area (Å²) in [5.41, 5.74) is 6.38. The summed E-state index contributed by atoms with van der Waals surface area (Å²) < 4.78 is 11.9. The molecule has 4 heteroatoms. The smallest absolute Gasteiger partial charge is 0.0702 e. The number of nitrogens with zero attached hydrogens (tertiary/aromatic N) is 1. The molecule has 0 aromatic rings. The molecule has 0 aromatic carbocycles. The lowest BCUT2D eigenvalue weighted by Gasteiger charge is -2.50. The summed E-state index contributed by atoms with van der Waals surface area (Å²) >= 11 is 0. The highest BCUT2D eigenvalue weighted by molar-refractivity contribution is 4.98. The van der Waals surface area contributed by atoms with Crippen LogP contribution in [-0.4, -0.2) is 55.5 Å². The van der Waals surface area contributed by atoms with E-state index < -0.39 is 0 Å². The molecule has 2 heterocycles. The summed E-state index contributed by atoms with van der Waals surface area (Å²) in [6, 6.07) is 0. The van der Waals surface area contributed by atoms with Gasteiger partial charge in [0.1, 0.15) is 0 Å². The lowest BCUT2D eigenvalue weighted by molar-refractivity contribution is -0.0999. The van der Waals surface area contributed by atoms with Crippen LogP contribution in [-0.2, 0) is 9.47 Å². The van der Waals surface area contributed by atoms with Crippen LogP contribution >= 0.6 is 0 Å². The van der Waals surface area contributed by atoms with E-state index in [9.17, 15) is 0 Å². The van der Waals surface area contributed by atoms with Crippen molar-refractivity contribution < 1.29 is 9.47 Å². The molecule has 0 aliphatic carbocycles. The van der Waals surface area contributed by atoms with E-state index in [1.165, 1.54) is 25.8 Å². The van der Waals surface area contributed by atoms with Gasteiger partial charge >= 0.3 is 0 Å². The Labute approximate surface area is 130 Å². The van der Waals surface area contributed by atoms with E-state index in [1.807, 2.05) is 0 Å². The second-order valence-electron chi connectivity index (χ2n) is 6.75. The highest BCUT2D eigenvalue weighted by atomic mass is 16.5. The molecule has 2 aliphatic heterocycles. The van der Waals surface area contributed by atoms with Crippen molar-refractivity contribution in [2.45, 2.75) is 76.5 Å². The van der Waals surface area contributed by atoms with Crippen molar-refractivity contribution in [2.75, 3.05) is 32.8 Å². The molecular formula is C17H34N2O2. The fourth-order valence-corrected chi connectivity index (χ4v) is 3.90. The molecule has 21 heavy (non-hydrogen) atoms. The molecule has 2 fully saturated rings. The fourth-order valence-electron chi connectivity index (χ4n) is 3.90. The second kappa shape index (κ2) is 8.47. The third-order valence-electron chi connectivity index (χ3n) is 5.13. The molecule has 0 bridgehead atoms. The minimum atomic E-state index is 0.145. The van der Waals surface area contributed by atoms with Crippen molar-refractivity contribution in [1.29, 1.82) is 0 Å². The third kappa shape index (κ3) is 4.41. The lowest BCUT2D eigenvalue weighted by Crippen LogP contribution is -2.61. The van der Waals surface area contributed by atoms with Crippen LogP contribution < -0.4 is 5.73 Å². The largest absolute Gasteiger partial charge is 0.378 e. The van der Waals surface area contributed by atoms with Crippen LogP contribution in [0.15, 0.2) is 0 Å². The fraction of sp³-hybridized carbons (Fsp3) is 1.00. The Balaban J connectivity index is 1.97. The van der Waals surface area contributed by atoms with Crippen LogP contribution in [0.25, 0.3) is 0 Å². The van der Waals surface area contributed by atoms with E-state index in [0.717, 1.165) is 52.0 Å². The molecule has 2 rings (SSSR count). The van der Waals surface area contributed by atoms with Gasteiger partial charge in [-0.3, -0.25) is 4.90 Å². The topological polar surface area (TPSA) is 47.7 Å². The van der Waals surface area contributed by atoms with E-state index in [-0.39, 0.29) is 5.54 Å². The van der Waals surface area contributed by atoms with Gasteiger partial charge in [-0.05, 0) is 45.1 Å². The molecule has 2 N–H and O–H groups in total. The highest BCUT2D eigenvalue weighted by Gasteiger charge is 2.42. The van der Waals surface area contributed by atoms with E-state index in [4.69, 9.17) is 15.2 Å². The standard InChI is InChI=1S/C17H34N2O2/c1-3-6-15-12-17(14-18,8-11-21-15)19-9-5-7-16(13-19)20-10-4-2/h15-16H,3-14,18H2,1-2H3. The maximum Gasteiger partial charge on any atom is 0.0702 e. The zero-order chi connectivity index (χ0) is 15.1. The minimum absolute atomic E-state index is 0.145. The zero-order valence-electron chi connectivity index (χ0n) is 14.0. The molecule has 0 aromatic heterocycles. The van der Waals surface area contributed by atoms with Crippen molar-refractivity contribution in [3.05, 3.63) is 0 Å². The van der Waals surface area contributed by atoms with Crippen molar-refractivity contribution >= 4 is 0 Å². The van der Waals surface area contributed by atoms with Crippen LogP contribution in [0.4, 0.5) is 0 Å². The van der Waals surface area contributed by atoms with Gasteiger partial charge in [-0.1, -0.05) is 20.3 Å². The van der Waals surface area contributed by atoms with E-state index in [2.05, 4.69) is 18.7 Å². The van der Waals surface area contributed by atoms with Gasteiger partial charge in [-0.15, -0.1) is 0 Å². The highest BCUT2D eigenvalue weighted by Crippen LogP contribution is 2.34. The van der Waals surface area contributed by atoms with Gasteiger partial charge in [-0.2, -0.15) is 0 Å². The SMILES string of the molecule is CCCOC1CCCN(C2(CN)CCOC(CCC)C2)C1. The first kappa shape index (κ1) is 17.2. The number of piperidine rings is 1. The molecule has 0 amide bonds. The zero-order valence-corrected chi connectivity index (χ0v) is 14.0. The Morgan fingerprint density at radius 3 is 2.90 bits per heavy atom. The number of hydrogen-bond donors (Lipinski definition) is 1. The summed E-state index contributed by atoms with van der Waals surface area (Å²) in [6.45, 7) is 9.12. The number of rotatable bonds is 7. The maximum absolute atomic E-state index is 6.23. The summed E-state index contributed by atoms with van der Waals surface area (Å²) in [5.74, 6) is 0. The predicted molar refractivity (Wildman–Crippen MR) is 86.5 cm³/mol. The van der Waals surface area contributed by atoms with Gasteiger partial charge in [0.25, 0.3) is 0 Å². The van der Waals surface area contributed by atoms with Gasteiger partial charge in [0.15, 0.2) is 0 Å². The van der Waals surface area contributed by atoms with E-state index in [0.29, 0.717) is 12.2 Å². The van der Waals surface area contributed by atoms with Crippen molar-refractivity contribution in [3.63, 3.8) is 0 Å². The number of ether oxygens (including phenoxy) is 2. The number of nitrogens with two attached hydrogens (primary N) is 1. The lowest BCUT2D eigenvalue weighted by atomic mass is 9.82. The molecule has 2 saturated heterocycles. The first-order valence-corrected chi connectivity index (χ1v) is 8.92. The Morgan fingerprint density at radius 1 is 1.33 bits per heavy atom. The van der Waals surface area contributed by atoms with E-state index >= 15 is 0 Å². The molecular weight excluding hydrogens is 264 g/mol. The molecule has 0 saturated carbocycles. The summed E-state index contributed by atoms with van der Waals surface area (Å²) in [7, 11) is 0. The minimum Gasteiger partial charge on any atom is -0.378 e. The van der Waals surface area contributed by atoms with Gasteiger partial charge in [0, 0.05) is 31.8 Å². The normalized spacial score (nSPS) is 35.0. The molecule has 2 aliphatic rings. The molecule has 4 nitrogen and oxygen atoms in total. The number of likely N-dealkylation sites (tertiary alicyclic amines) is 1. The third-order valence-corrected chi connectivity index (χ3v) is 5.13. The van der Waals surface area contributed by atoms with Gasteiger partial charge in [-0.25, -0.2) is 0 Å². The Hall–Kier alpha value is -0.160. The predicted octanol–water partition coefficient (Wildman–Crippen LogP) is 2.55. The van der Waals surface area contributed by atoms with Gasteiger partial charge in [0.2, 0.25) is 0 Å². The summed E-state index contributed by atoms with van der Waals surface area (Å²) in [4.78, 5) is 2.63. The van der Waals surface area contributed by atoms with Crippen molar-refractivity contribution in [3.8, 4) is 0 Å². The average molecular weight is 298 g/mol. The van der Waals surface area contributed by atoms with Crippen LogP contribution in [0.3, 0.4) is 0 Å². The number of hydrogen-bond acceptors (Lipinski definition) is 4. The Morgan fingerprint density at radius 2 is 2.19 bits per heavy atom. The first-order valence-electron chi connectivity index (χ1n) is 8.92. The molecule has 3 unspecified atom stereocenters. The molecule has 124 valence electrons. The summed E-state index contributed by atoms with van der Waals surface area (Å²) in [5, 5.41) is 0. The van der Waals surface area contributed by atoms with Crippen LogP contribution in [0, 0.1) is 0 Å². The van der Waals surface area contributed by atoms with Crippen LogP contribution in [0.2, 0.25) is 0 Å². The Kier molecular flexibility index (Phi) is 6.93. The van der Waals surface area contributed by atoms with E-state index in [1.54, 1.807) is 0 Å². The monoisotopic (exact) mass is 298 g/mol. The molecule has 0 radical (unpaired) electrons. The second-order valence-corrected chi connectivity index (χ2v) is 6.75. The average Bonchev–Trinajstić information content (AvgIpc) is 2.53. The van der Waals surface area contributed by atoms with Gasteiger partial charge in [0.05, 0.1) is 12.2 Å².